The highest BCUT2D eigenvalue weighted by atomic mass is 16.5. The molecular formula is C25H26N4O2. The van der Waals surface area contributed by atoms with E-state index >= 15 is 0 Å². The molecule has 2 heterocycles. The number of hydrogen-bond donors (Lipinski definition) is 2. The Kier molecular flexibility index (Phi) is 5.46. The zero-order valence-electron chi connectivity index (χ0n) is 18.2. The van der Waals surface area contributed by atoms with E-state index < -0.39 is 0 Å². The SMILES string of the molecule is CCC(=O)c1cc(Oc2ccc3nc(Nc4ccc(C(C)(C)C)cc4)[nH]c3c2)ccn1. The van der Waals surface area contributed by atoms with E-state index in [1.165, 1.54) is 5.56 Å². The monoisotopic (exact) mass is 414 g/mol. The fraction of sp³-hybridized carbons (Fsp3) is 0.240. The number of ketones is 1. The number of Topliss-reactive ketones (excluding diaryl/α,β-unsaturated/α-hetero) is 1. The van der Waals surface area contributed by atoms with Crippen molar-refractivity contribution < 1.29 is 9.53 Å². The number of ether oxygens (including phenoxy) is 1. The number of carbonyl (C=O) groups is 1. The number of anilines is 2. The molecule has 0 spiro atoms. The second-order valence-corrected chi connectivity index (χ2v) is 8.47. The van der Waals surface area contributed by atoms with Crippen LogP contribution in [0.3, 0.4) is 0 Å². The number of aromatic nitrogens is 3. The molecule has 0 saturated carbocycles. The number of fused-ring (bicyclic) bond motifs is 1. The number of imidazole rings is 1. The first-order valence-electron chi connectivity index (χ1n) is 10.4. The number of nitrogens with one attached hydrogen (secondary N) is 2. The number of pyridine rings is 1. The molecule has 0 aliphatic carbocycles. The zero-order chi connectivity index (χ0) is 22.0. The van der Waals surface area contributed by atoms with Crippen LogP contribution in [-0.2, 0) is 5.41 Å². The van der Waals surface area contributed by atoms with Crippen molar-refractivity contribution in [2.24, 2.45) is 0 Å². The molecule has 0 bridgehead atoms. The maximum absolute atomic E-state index is 11.9. The Bertz CT molecular complexity index is 1220. The molecule has 0 aliphatic heterocycles. The Morgan fingerprint density at radius 1 is 1.03 bits per heavy atom. The van der Waals surface area contributed by atoms with Crippen LogP contribution in [0, 0.1) is 0 Å². The Hall–Kier alpha value is -3.67. The first-order chi connectivity index (χ1) is 14.8. The minimum Gasteiger partial charge on any atom is -0.457 e. The molecular weight excluding hydrogens is 388 g/mol. The Labute approximate surface area is 181 Å². The third-order valence-electron chi connectivity index (χ3n) is 5.04. The second-order valence-electron chi connectivity index (χ2n) is 8.47. The van der Waals surface area contributed by atoms with Gasteiger partial charge < -0.3 is 15.0 Å². The maximum atomic E-state index is 11.9. The molecule has 2 aromatic carbocycles. The third kappa shape index (κ3) is 4.74. The van der Waals surface area contributed by atoms with E-state index in [1.807, 2.05) is 25.1 Å². The molecule has 4 aromatic rings. The molecule has 0 atom stereocenters. The summed E-state index contributed by atoms with van der Waals surface area (Å²) in [5.41, 5.74) is 4.46. The molecule has 158 valence electrons. The van der Waals surface area contributed by atoms with E-state index in [-0.39, 0.29) is 11.2 Å². The number of nitrogens with zero attached hydrogens (tertiary/aromatic N) is 2. The average molecular weight is 415 g/mol. The summed E-state index contributed by atoms with van der Waals surface area (Å²) in [5.74, 6) is 1.87. The molecule has 0 fully saturated rings. The van der Waals surface area contributed by atoms with Crippen LogP contribution >= 0.6 is 0 Å². The summed E-state index contributed by atoms with van der Waals surface area (Å²) < 4.78 is 5.93. The highest BCUT2D eigenvalue weighted by molar-refractivity contribution is 5.94. The molecule has 6 heteroatoms. The predicted octanol–water partition coefficient (Wildman–Crippen LogP) is 6.38. The number of rotatable bonds is 6. The standard InChI is InChI=1S/C25H26N4O2/c1-5-23(30)22-15-19(12-13-26-22)31-18-10-11-20-21(14-18)29-24(28-20)27-17-8-6-16(7-9-17)25(2,3)4/h6-15H,5H2,1-4H3,(H2,27,28,29). The normalized spacial score (nSPS) is 11.5. The molecule has 0 unspecified atom stereocenters. The predicted molar refractivity (Wildman–Crippen MR) is 123 cm³/mol. The summed E-state index contributed by atoms with van der Waals surface area (Å²) in [6.45, 7) is 8.41. The summed E-state index contributed by atoms with van der Waals surface area (Å²) in [6.07, 6.45) is 1.99. The van der Waals surface area contributed by atoms with Crippen LogP contribution < -0.4 is 10.1 Å². The molecule has 4 rings (SSSR count). The fourth-order valence-electron chi connectivity index (χ4n) is 3.25. The van der Waals surface area contributed by atoms with Crippen molar-refractivity contribution in [1.29, 1.82) is 0 Å². The lowest BCUT2D eigenvalue weighted by molar-refractivity contribution is 0.0983. The second kappa shape index (κ2) is 8.22. The molecule has 6 nitrogen and oxygen atoms in total. The third-order valence-corrected chi connectivity index (χ3v) is 5.04. The fourth-order valence-corrected chi connectivity index (χ4v) is 3.25. The number of H-pyrrole nitrogens is 1. The molecule has 0 amide bonds. The number of aromatic amines is 1. The van der Waals surface area contributed by atoms with E-state index in [0.717, 1.165) is 16.7 Å². The van der Waals surface area contributed by atoms with Gasteiger partial charge in [-0.25, -0.2) is 4.98 Å². The van der Waals surface area contributed by atoms with E-state index in [9.17, 15) is 4.79 Å². The highest BCUT2D eigenvalue weighted by Gasteiger charge is 2.13. The first kappa shape index (κ1) is 20.6. The van der Waals surface area contributed by atoms with Gasteiger partial charge in [0.1, 0.15) is 17.2 Å². The van der Waals surface area contributed by atoms with Crippen LogP contribution in [0.2, 0.25) is 0 Å². The largest absolute Gasteiger partial charge is 0.457 e. The van der Waals surface area contributed by atoms with Crippen molar-refractivity contribution in [3.63, 3.8) is 0 Å². The van der Waals surface area contributed by atoms with Crippen LogP contribution in [0.4, 0.5) is 11.6 Å². The lowest BCUT2D eigenvalue weighted by Crippen LogP contribution is -2.10. The lowest BCUT2D eigenvalue weighted by atomic mass is 9.87. The molecule has 2 N–H and O–H groups in total. The van der Waals surface area contributed by atoms with Crippen LogP contribution in [0.25, 0.3) is 11.0 Å². The average Bonchev–Trinajstić information content (AvgIpc) is 3.14. The summed E-state index contributed by atoms with van der Waals surface area (Å²) in [4.78, 5) is 23.9. The van der Waals surface area contributed by atoms with Gasteiger partial charge in [-0.3, -0.25) is 9.78 Å². The van der Waals surface area contributed by atoms with Gasteiger partial charge >= 0.3 is 0 Å². The van der Waals surface area contributed by atoms with Gasteiger partial charge in [0.15, 0.2) is 5.78 Å². The molecule has 0 radical (unpaired) electrons. The summed E-state index contributed by atoms with van der Waals surface area (Å²) >= 11 is 0. The van der Waals surface area contributed by atoms with E-state index in [0.29, 0.717) is 29.6 Å². The summed E-state index contributed by atoms with van der Waals surface area (Å²) in [7, 11) is 0. The minimum atomic E-state index is -0.0132. The van der Waals surface area contributed by atoms with Gasteiger partial charge in [0, 0.05) is 30.4 Å². The van der Waals surface area contributed by atoms with Gasteiger partial charge in [-0.15, -0.1) is 0 Å². The molecule has 0 saturated heterocycles. The van der Waals surface area contributed by atoms with Crippen molar-refractivity contribution in [2.45, 2.75) is 39.5 Å². The summed E-state index contributed by atoms with van der Waals surface area (Å²) in [6, 6.07) is 17.4. The van der Waals surface area contributed by atoms with Crippen molar-refractivity contribution >= 4 is 28.5 Å². The topological polar surface area (TPSA) is 79.9 Å². The van der Waals surface area contributed by atoms with Gasteiger partial charge in [-0.2, -0.15) is 0 Å². The minimum absolute atomic E-state index is 0.0132. The van der Waals surface area contributed by atoms with Crippen molar-refractivity contribution in [3.05, 3.63) is 72.1 Å². The zero-order valence-corrected chi connectivity index (χ0v) is 18.2. The van der Waals surface area contributed by atoms with Crippen molar-refractivity contribution in [3.8, 4) is 11.5 Å². The Balaban J connectivity index is 1.51. The highest BCUT2D eigenvalue weighted by Crippen LogP contribution is 2.28. The lowest BCUT2D eigenvalue weighted by Gasteiger charge is -2.19. The van der Waals surface area contributed by atoms with Gasteiger partial charge in [0.2, 0.25) is 5.95 Å². The number of benzene rings is 2. The number of carbonyl (C=O) groups excluding carboxylic acids is 1. The van der Waals surface area contributed by atoms with Crippen molar-refractivity contribution in [1.82, 2.24) is 15.0 Å². The smallest absolute Gasteiger partial charge is 0.205 e. The van der Waals surface area contributed by atoms with E-state index in [1.54, 1.807) is 18.3 Å². The molecule has 0 aliphatic rings. The number of hydrogen-bond acceptors (Lipinski definition) is 5. The maximum Gasteiger partial charge on any atom is 0.205 e. The Morgan fingerprint density at radius 3 is 2.48 bits per heavy atom. The van der Waals surface area contributed by atoms with E-state index in [4.69, 9.17) is 4.74 Å². The van der Waals surface area contributed by atoms with Gasteiger partial charge in [-0.1, -0.05) is 39.8 Å². The molecule has 31 heavy (non-hydrogen) atoms. The van der Waals surface area contributed by atoms with Gasteiger partial charge in [0.05, 0.1) is 11.0 Å². The summed E-state index contributed by atoms with van der Waals surface area (Å²) in [5, 5.41) is 3.31. The first-order valence-corrected chi connectivity index (χ1v) is 10.4. The van der Waals surface area contributed by atoms with Gasteiger partial charge in [-0.05, 0) is 41.3 Å². The van der Waals surface area contributed by atoms with Crippen LogP contribution in [-0.4, -0.2) is 20.7 Å². The van der Waals surface area contributed by atoms with Gasteiger partial charge in [0.25, 0.3) is 0 Å². The molecule has 2 aromatic heterocycles. The van der Waals surface area contributed by atoms with Crippen LogP contribution in [0.15, 0.2) is 60.8 Å². The quantitative estimate of drug-likeness (QED) is 0.358. The van der Waals surface area contributed by atoms with Crippen molar-refractivity contribution in [2.75, 3.05) is 5.32 Å². The Morgan fingerprint density at radius 2 is 1.77 bits per heavy atom. The van der Waals surface area contributed by atoms with Crippen LogP contribution in [0.1, 0.15) is 50.2 Å². The van der Waals surface area contributed by atoms with Crippen LogP contribution in [0.5, 0.6) is 11.5 Å². The van der Waals surface area contributed by atoms with E-state index in [2.05, 4.69) is 65.3 Å².